The number of allylic oxidation sites excluding steroid dienone is 3. The minimum Gasteiger partial charge on any atom is -0.504 e. The lowest BCUT2D eigenvalue weighted by Gasteiger charge is -2.16. The van der Waals surface area contributed by atoms with Crippen LogP contribution in [0, 0.1) is 0 Å². The lowest BCUT2D eigenvalue weighted by atomic mass is 10.1. The normalized spacial score (nSPS) is 28.4. The highest BCUT2D eigenvalue weighted by atomic mass is 16.5. The molecule has 3 heteroatoms. The van der Waals surface area contributed by atoms with Gasteiger partial charge >= 0.3 is 0 Å². The molecule has 2 rings (SSSR count). The van der Waals surface area contributed by atoms with Gasteiger partial charge in [-0.1, -0.05) is 30.9 Å². The van der Waals surface area contributed by atoms with Crippen molar-refractivity contribution in [3.8, 4) is 0 Å². The van der Waals surface area contributed by atoms with E-state index in [2.05, 4.69) is 6.58 Å². The smallest absolute Gasteiger partial charge is 0.226 e. The molecule has 1 unspecified atom stereocenters. The maximum atomic E-state index is 11.5. The van der Waals surface area contributed by atoms with Gasteiger partial charge in [0.05, 0.1) is 6.61 Å². The highest BCUT2D eigenvalue weighted by molar-refractivity contribution is 6.12. The fourth-order valence-electron chi connectivity index (χ4n) is 1.64. The van der Waals surface area contributed by atoms with Crippen molar-refractivity contribution in [3.63, 3.8) is 0 Å². The van der Waals surface area contributed by atoms with Crippen LogP contribution >= 0.6 is 0 Å². The summed E-state index contributed by atoms with van der Waals surface area (Å²) < 4.78 is 5.37. The van der Waals surface area contributed by atoms with E-state index in [4.69, 9.17) is 4.74 Å². The molecule has 0 saturated carbocycles. The Balaban J connectivity index is 2.48. The average molecular weight is 190 g/mol. The van der Waals surface area contributed by atoms with Crippen molar-refractivity contribution in [2.45, 2.75) is 6.10 Å². The number of hydrogen-bond donors (Lipinski definition) is 1. The zero-order chi connectivity index (χ0) is 10.1. The highest BCUT2D eigenvalue weighted by Crippen LogP contribution is 2.32. The summed E-state index contributed by atoms with van der Waals surface area (Å²) in [6.07, 6.45) is 6.18. The van der Waals surface area contributed by atoms with Gasteiger partial charge in [-0.25, -0.2) is 0 Å². The first-order valence-electron chi connectivity index (χ1n) is 4.34. The van der Waals surface area contributed by atoms with E-state index in [1.165, 1.54) is 6.08 Å². The lowest BCUT2D eigenvalue weighted by Crippen LogP contribution is -2.18. The summed E-state index contributed by atoms with van der Waals surface area (Å²) in [6.45, 7) is 3.98. The van der Waals surface area contributed by atoms with Gasteiger partial charge in [0.2, 0.25) is 5.78 Å². The largest absolute Gasteiger partial charge is 0.504 e. The van der Waals surface area contributed by atoms with E-state index in [1.54, 1.807) is 18.2 Å². The molecule has 0 spiro atoms. The van der Waals surface area contributed by atoms with Gasteiger partial charge in [-0.2, -0.15) is 0 Å². The molecule has 0 bridgehead atoms. The first-order valence-corrected chi connectivity index (χ1v) is 4.34. The third-order valence-corrected chi connectivity index (χ3v) is 2.27. The molecule has 0 radical (unpaired) electrons. The molecule has 0 amide bonds. The molecule has 0 aromatic rings. The van der Waals surface area contributed by atoms with Crippen molar-refractivity contribution in [1.29, 1.82) is 0 Å². The number of rotatable bonds is 1. The average Bonchev–Trinajstić information content (AvgIpc) is 2.45. The number of hydrogen-bond acceptors (Lipinski definition) is 3. The van der Waals surface area contributed by atoms with Crippen LogP contribution in [0.5, 0.6) is 0 Å². The van der Waals surface area contributed by atoms with Crippen LogP contribution in [0.4, 0.5) is 0 Å². The zero-order valence-electron chi connectivity index (χ0n) is 7.56. The van der Waals surface area contributed by atoms with Crippen LogP contribution in [0.15, 0.2) is 47.8 Å². The Labute approximate surface area is 81.7 Å². The molecular formula is C11H10O3. The van der Waals surface area contributed by atoms with Crippen molar-refractivity contribution in [3.05, 3.63) is 47.8 Å². The molecule has 72 valence electrons. The van der Waals surface area contributed by atoms with E-state index in [-0.39, 0.29) is 11.5 Å². The Hall–Kier alpha value is -1.61. The van der Waals surface area contributed by atoms with Crippen molar-refractivity contribution >= 4 is 5.78 Å². The number of aliphatic hydroxyl groups is 1. The molecule has 0 fully saturated rings. The molecule has 3 nitrogen and oxygen atoms in total. The molecule has 0 aromatic carbocycles. The van der Waals surface area contributed by atoms with Crippen LogP contribution in [0.25, 0.3) is 0 Å². The van der Waals surface area contributed by atoms with Crippen LogP contribution in [0.3, 0.4) is 0 Å². The molecule has 0 aromatic heterocycles. The van der Waals surface area contributed by atoms with Crippen LogP contribution in [-0.4, -0.2) is 23.6 Å². The Morgan fingerprint density at radius 3 is 3.14 bits per heavy atom. The molecule has 1 heterocycles. The molecule has 0 saturated heterocycles. The quantitative estimate of drug-likeness (QED) is 0.636. The number of fused-ring (bicyclic) bond motifs is 1. The third kappa shape index (κ3) is 1.14. The predicted octanol–water partition coefficient (Wildman–Crippen LogP) is 1.45. The standard InChI is InChI=1S/C11H10O3/c1-2-4-7-9(12)10(13)8-5-3-6-14-11(7)8/h2-5,11,13H,1,6H2/b7-4+. The van der Waals surface area contributed by atoms with Gasteiger partial charge in [0.15, 0.2) is 5.76 Å². The Kier molecular flexibility index (Phi) is 2.09. The lowest BCUT2D eigenvalue weighted by molar-refractivity contribution is -0.114. The maximum Gasteiger partial charge on any atom is 0.226 e. The second-order valence-corrected chi connectivity index (χ2v) is 3.11. The van der Waals surface area contributed by atoms with Crippen LogP contribution < -0.4 is 0 Å². The third-order valence-electron chi connectivity index (χ3n) is 2.27. The van der Waals surface area contributed by atoms with E-state index in [0.717, 1.165) is 0 Å². The zero-order valence-corrected chi connectivity index (χ0v) is 7.56. The molecule has 1 N–H and O–H groups in total. The van der Waals surface area contributed by atoms with E-state index in [9.17, 15) is 9.90 Å². The molecular weight excluding hydrogens is 180 g/mol. The molecule has 1 aliphatic heterocycles. The second kappa shape index (κ2) is 3.27. The van der Waals surface area contributed by atoms with E-state index in [0.29, 0.717) is 17.8 Å². The number of ketones is 1. The number of aliphatic hydroxyl groups excluding tert-OH is 1. The number of ether oxygens (including phenoxy) is 1. The van der Waals surface area contributed by atoms with Gasteiger partial charge in [0.1, 0.15) is 6.10 Å². The summed E-state index contributed by atoms with van der Waals surface area (Å²) >= 11 is 0. The van der Waals surface area contributed by atoms with E-state index < -0.39 is 6.10 Å². The summed E-state index contributed by atoms with van der Waals surface area (Å²) in [7, 11) is 0. The summed E-state index contributed by atoms with van der Waals surface area (Å²) in [6, 6.07) is 0. The first kappa shape index (κ1) is 8.97. The van der Waals surface area contributed by atoms with Crippen LogP contribution in [0.1, 0.15) is 0 Å². The minimum atomic E-state index is -0.412. The predicted molar refractivity (Wildman–Crippen MR) is 51.8 cm³/mol. The minimum absolute atomic E-state index is 0.209. The molecule has 14 heavy (non-hydrogen) atoms. The van der Waals surface area contributed by atoms with Gasteiger partial charge in [-0.3, -0.25) is 4.79 Å². The van der Waals surface area contributed by atoms with Crippen molar-refractivity contribution in [2.75, 3.05) is 6.61 Å². The summed E-state index contributed by atoms with van der Waals surface area (Å²) in [5.41, 5.74) is 1.01. The van der Waals surface area contributed by atoms with Crippen LogP contribution in [-0.2, 0) is 9.53 Å². The van der Waals surface area contributed by atoms with Gasteiger partial charge in [0, 0.05) is 11.1 Å². The Morgan fingerprint density at radius 2 is 2.43 bits per heavy atom. The van der Waals surface area contributed by atoms with Gasteiger partial charge in [-0.15, -0.1) is 0 Å². The summed E-state index contributed by atoms with van der Waals surface area (Å²) in [5.74, 6) is -0.574. The molecule has 2 aliphatic rings. The first-order chi connectivity index (χ1) is 6.75. The number of carbonyl (C=O) groups is 1. The fraction of sp³-hybridized carbons (Fsp3) is 0.182. The van der Waals surface area contributed by atoms with Gasteiger partial charge in [-0.05, 0) is 0 Å². The fourth-order valence-corrected chi connectivity index (χ4v) is 1.64. The molecule has 1 aliphatic carbocycles. The van der Waals surface area contributed by atoms with Gasteiger partial charge < -0.3 is 9.84 Å². The highest BCUT2D eigenvalue weighted by Gasteiger charge is 2.37. The number of Topliss-reactive ketones (excluding diaryl/α,β-unsaturated/α-hetero) is 1. The molecule has 1 atom stereocenters. The Morgan fingerprint density at radius 1 is 1.64 bits per heavy atom. The van der Waals surface area contributed by atoms with Crippen molar-refractivity contribution in [1.82, 2.24) is 0 Å². The SMILES string of the molecule is C=C/C=C1\C(=O)C(O)=C2C=CCOC21. The topological polar surface area (TPSA) is 46.5 Å². The van der Waals surface area contributed by atoms with E-state index >= 15 is 0 Å². The van der Waals surface area contributed by atoms with Crippen LogP contribution in [0.2, 0.25) is 0 Å². The van der Waals surface area contributed by atoms with Gasteiger partial charge in [0.25, 0.3) is 0 Å². The van der Waals surface area contributed by atoms with Crippen molar-refractivity contribution < 1.29 is 14.6 Å². The summed E-state index contributed by atoms with van der Waals surface area (Å²) in [5, 5.41) is 9.51. The van der Waals surface area contributed by atoms with Crippen molar-refractivity contribution in [2.24, 2.45) is 0 Å². The second-order valence-electron chi connectivity index (χ2n) is 3.11. The number of carbonyl (C=O) groups excluding carboxylic acids is 1. The monoisotopic (exact) mass is 190 g/mol. The summed E-state index contributed by atoms with van der Waals surface area (Å²) in [4.78, 5) is 11.5. The Bertz CT molecular complexity index is 385. The van der Waals surface area contributed by atoms with E-state index in [1.807, 2.05) is 0 Å². The maximum absolute atomic E-state index is 11.5.